The van der Waals surface area contributed by atoms with Gasteiger partial charge >= 0.3 is 11.1 Å². The Balaban J connectivity index is 1.52. The zero-order chi connectivity index (χ0) is 25.2. The van der Waals surface area contributed by atoms with E-state index in [1.165, 1.54) is 11.6 Å². The second kappa shape index (κ2) is 9.69. The van der Waals surface area contributed by atoms with Crippen molar-refractivity contribution in [2.24, 2.45) is 0 Å². The van der Waals surface area contributed by atoms with E-state index in [0.717, 1.165) is 30.6 Å². The average Bonchev–Trinajstić information content (AvgIpc) is 3.33. The van der Waals surface area contributed by atoms with E-state index in [1.807, 2.05) is 47.1 Å². The predicted molar refractivity (Wildman–Crippen MR) is 138 cm³/mol. The van der Waals surface area contributed by atoms with E-state index in [9.17, 15) is 9.59 Å². The average molecular weight is 486 g/mol. The molecule has 1 fully saturated rings. The summed E-state index contributed by atoms with van der Waals surface area (Å²) in [5, 5.41) is 10.4. The standard InChI is InChI=1S/C27H28N6O3/c1-3-17-7-5-9-21(15-17)36-20-12-10-18(11-13-20)24-23-25(27(35)30-29-26(23)28)33(31-24)19-8-6-14-32(16-19)22(34)4-2/h4-5,7,9-13,15,19H,2-3,6,8,14,16H2,1H3,(H3,28,29,30,31,35)/p+1. The van der Waals surface area contributed by atoms with E-state index in [0.29, 0.717) is 35.4 Å². The van der Waals surface area contributed by atoms with Crippen molar-refractivity contribution in [2.45, 2.75) is 32.2 Å². The Morgan fingerprint density at radius 2 is 2.08 bits per heavy atom. The van der Waals surface area contributed by atoms with E-state index in [2.05, 4.69) is 34.9 Å². The van der Waals surface area contributed by atoms with Crippen molar-refractivity contribution in [2.75, 3.05) is 18.8 Å². The van der Waals surface area contributed by atoms with Crippen molar-refractivity contribution in [1.82, 2.24) is 20.2 Å². The minimum atomic E-state index is -0.343. The first kappa shape index (κ1) is 23.3. The number of fused-ring (bicyclic) bond motifs is 1. The van der Waals surface area contributed by atoms with E-state index < -0.39 is 0 Å². The summed E-state index contributed by atoms with van der Waals surface area (Å²) in [6, 6.07) is 15.5. The second-order valence-electron chi connectivity index (χ2n) is 8.93. The van der Waals surface area contributed by atoms with Crippen molar-refractivity contribution in [3.05, 3.63) is 77.1 Å². The lowest BCUT2D eigenvalue weighted by molar-refractivity contribution is -0.752. The van der Waals surface area contributed by atoms with Gasteiger partial charge in [0.25, 0.3) is 0 Å². The van der Waals surface area contributed by atoms with Gasteiger partial charge in [-0.25, -0.2) is 5.10 Å². The molecule has 4 aromatic rings. The summed E-state index contributed by atoms with van der Waals surface area (Å²) >= 11 is 0. The van der Waals surface area contributed by atoms with Crippen molar-refractivity contribution < 1.29 is 14.2 Å². The molecule has 0 spiro atoms. The third-order valence-corrected chi connectivity index (χ3v) is 6.64. The first-order valence-electron chi connectivity index (χ1n) is 12.1. The number of nitrogens with one attached hydrogen (secondary N) is 2. The van der Waals surface area contributed by atoms with Crippen LogP contribution in [0.4, 0.5) is 5.82 Å². The Morgan fingerprint density at radius 3 is 2.83 bits per heavy atom. The number of carbonyl (C=O) groups excluding carboxylic acids is 1. The molecule has 5 rings (SSSR count). The fraction of sp³-hybridized carbons (Fsp3) is 0.259. The molecular weight excluding hydrogens is 456 g/mol. The van der Waals surface area contributed by atoms with Crippen molar-refractivity contribution in [3.8, 4) is 22.8 Å². The topological polar surface area (TPSA) is 121 Å². The number of carbonyl (C=O) groups is 1. The monoisotopic (exact) mass is 485 g/mol. The number of aromatic nitrogens is 4. The summed E-state index contributed by atoms with van der Waals surface area (Å²) in [6.45, 7) is 6.84. The molecule has 3 heterocycles. The molecule has 0 radical (unpaired) electrons. The molecule has 1 aliphatic heterocycles. The number of piperidine rings is 1. The van der Waals surface area contributed by atoms with Gasteiger partial charge in [0.05, 0.1) is 6.54 Å². The lowest BCUT2D eigenvalue weighted by atomic mass is 10.1. The quantitative estimate of drug-likeness (QED) is 0.285. The van der Waals surface area contributed by atoms with Gasteiger partial charge in [-0.15, -0.1) is 0 Å². The van der Waals surface area contributed by atoms with Crippen molar-refractivity contribution >= 4 is 22.6 Å². The van der Waals surface area contributed by atoms with Crippen LogP contribution in [-0.4, -0.2) is 39.2 Å². The van der Waals surface area contributed by atoms with Gasteiger partial charge in [-0.2, -0.15) is 10.2 Å². The number of amides is 1. The van der Waals surface area contributed by atoms with Crippen LogP contribution in [0.15, 0.2) is 66.0 Å². The Bertz CT molecular complexity index is 1490. The highest BCUT2D eigenvalue weighted by Gasteiger charge is 2.35. The van der Waals surface area contributed by atoms with Gasteiger partial charge in [-0.3, -0.25) is 9.59 Å². The third kappa shape index (κ3) is 4.35. The number of rotatable bonds is 6. The number of likely N-dealkylation sites (tertiary alicyclic amines) is 1. The van der Waals surface area contributed by atoms with Crippen LogP contribution in [0.5, 0.6) is 11.5 Å². The third-order valence-electron chi connectivity index (χ3n) is 6.64. The molecule has 184 valence electrons. The number of nitrogen functional groups attached to an aromatic ring is 1. The molecule has 4 N–H and O–H groups in total. The SMILES string of the molecule is C=CC(=O)N1CCCC([n+]2[nH]c(-c3ccc(Oc4cccc(CC)c4)cc3)c3c(N)n[nH]c(=O)c32)C1. The number of nitrogens with two attached hydrogens (primary N) is 1. The number of aryl methyl sites for hydroxylation is 1. The maximum Gasteiger partial charge on any atom is 0.339 e. The fourth-order valence-electron chi connectivity index (χ4n) is 4.80. The normalized spacial score (nSPS) is 15.7. The van der Waals surface area contributed by atoms with E-state index in [1.54, 1.807) is 4.90 Å². The highest BCUT2D eigenvalue weighted by atomic mass is 16.5. The summed E-state index contributed by atoms with van der Waals surface area (Å²) in [7, 11) is 0. The van der Waals surface area contributed by atoms with Gasteiger partial charge in [-0.05, 0) is 60.9 Å². The zero-order valence-corrected chi connectivity index (χ0v) is 20.2. The van der Waals surface area contributed by atoms with Gasteiger partial charge in [-0.1, -0.05) is 30.3 Å². The smallest absolute Gasteiger partial charge is 0.339 e. The molecular formula is C27H29N6O3+. The van der Waals surface area contributed by atoms with Crippen molar-refractivity contribution in [1.29, 1.82) is 0 Å². The Morgan fingerprint density at radius 1 is 1.28 bits per heavy atom. The van der Waals surface area contributed by atoms with Crippen LogP contribution in [0.1, 0.15) is 31.4 Å². The number of aromatic amines is 2. The molecule has 0 bridgehead atoms. The molecule has 0 saturated carbocycles. The molecule has 1 aliphatic rings. The fourth-order valence-corrected chi connectivity index (χ4v) is 4.80. The molecule has 9 nitrogen and oxygen atoms in total. The summed E-state index contributed by atoms with van der Waals surface area (Å²) < 4.78 is 7.86. The number of nitrogens with zero attached hydrogens (tertiary/aromatic N) is 3. The number of anilines is 1. The molecule has 1 atom stereocenters. The first-order chi connectivity index (χ1) is 17.5. The van der Waals surface area contributed by atoms with Crippen LogP contribution in [-0.2, 0) is 11.2 Å². The van der Waals surface area contributed by atoms with E-state index in [-0.39, 0.29) is 23.3 Å². The van der Waals surface area contributed by atoms with Gasteiger partial charge in [0.15, 0.2) is 11.9 Å². The second-order valence-corrected chi connectivity index (χ2v) is 8.93. The molecule has 2 aromatic heterocycles. The minimum Gasteiger partial charge on any atom is -0.457 e. The van der Waals surface area contributed by atoms with Gasteiger partial charge in [0.1, 0.15) is 22.6 Å². The van der Waals surface area contributed by atoms with Crippen LogP contribution in [0, 0.1) is 0 Å². The van der Waals surface area contributed by atoms with E-state index in [4.69, 9.17) is 10.5 Å². The molecule has 2 aromatic carbocycles. The number of hydrogen-bond acceptors (Lipinski definition) is 5. The van der Waals surface area contributed by atoms with Crippen LogP contribution < -0.4 is 20.7 Å². The first-order valence-corrected chi connectivity index (χ1v) is 12.1. The van der Waals surface area contributed by atoms with Crippen LogP contribution in [0.3, 0.4) is 0 Å². The molecule has 36 heavy (non-hydrogen) atoms. The Kier molecular flexibility index (Phi) is 6.28. The summed E-state index contributed by atoms with van der Waals surface area (Å²) in [5.74, 6) is 1.58. The number of benzene rings is 2. The highest BCUT2D eigenvalue weighted by Crippen LogP contribution is 2.31. The number of ether oxygens (including phenoxy) is 1. The predicted octanol–water partition coefficient (Wildman–Crippen LogP) is 3.49. The molecule has 1 saturated heterocycles. The molecule has 9 heteroatoms. The van der Waals surface area contributed by atoms with E-state index >= 15 is 0 Å². The van der Waals surface area contributed by atoms with Gasteiger partial charge < -0.3 is 15.4 Å². The number of H-pyrrole nitrogens is 2. The molecule has 1 amide bonds. The van der Waals surface area contributed by atoms with Gasteiger partial charge in [0.2, 0.25) is 5.91 Å². The lowest BCUT2D eigenvalue weighted by Gasteiger charge is -2.28. The zero-order valence-electron chi connectivity index (χ0n) is 20.2. The lowest BCUT2D eigenvalue weighted by Crippen LogP contribution is -2.52. The van der Waals surface area contributed by atoms with Crippen LogP contribution in [0.2, 0.25) is 0 Å². The Labute approximate surface area is 208 Å². The maximum atomic E-state index is 12.9. The maximum absolute atomic E-state index is 12.9. The molecule has 0 aliphatic carbocycles. The van der Waals surface area contributed by atoms with Gasteiger partial charge in [0, 0.05) is 18.5 Å². The Hall–Kier alpha value is -4.40. The van der Waals surface area contributed by atoms with Crippen molar-refractivity contribution in [3.63, 3.8) is 0 Å². The van der Waals surface area contributed by atoms with Crippen LogP contribution in [0.25, 0.3) is 22.2 Å². The van der Waals surface area contributed by atoms with Crippen LogP contribution >= 0.6 is 0 Å². The summed E-state index contributed by atoms with van der Waals surface area (Å²) in [6.07, 6.45) is 3.88. The highest BCUT2D eigenvalue weighted by molar-refractivity contribution is 5.97. The number of hydrogen-bond donors (Lipinski definition) is 3. The largest absolute Gasteiger partial charge is 0.457 e. The molecule has 1 unspecified atom stereocenters. The summed E-state index contributed by atoms with van der Waals surface area (Å²) in [4.78, 5) is 26.9. The minimum absolute atomic E-state index is 0.116. The summed E-state index contributed by atoms with van der Waals surface area (Å²) in [5.41, 5.74) is 9.04.